The number of nitrogens with one attached hydrogen (secondary N) is 1. The number of hydrogen-bond donors (Lipinski definition) is 2. The van der Waals surface area contributed by atoms with E-state index >= 15 is 0 Å². The highest BCUT2D eigenvalue weighted by atomic mass is 19.4. The van der Waals surface area contributed by atoms with Gasteiger partial charge in [0.15, 0.2) is 0 Å². The minimum Gasteiger partial charge on any atom is -0.406 e. The van der Waals surface area contributed by atoms with E-state index in [-0.39, 0.29) is 36.6 Å². The van der Waals surface area contributed by atoms with Gasteiger partial charge in [0, 0.05) is 18.5 Å². The smallest absolute Gasteiger partial charge is 0.406 e. The van der Waals surface area contributed by atoms with Crippen molar-refractivity contribution in [1.82, 2.24) is 5.32 Å². The molecule has 0 heterocycles. The van der Waals surface area contributed by atoms with Gasteiger partial charge in [0.1, 0.15) is 5.75 Å². The third kappa shape index (κ3) is 4.91. The molecule has 7 heteroatoms. The van der Waals surface area contributed by atoms with Gasteiger partial charge < -0.3 is 15.8 Å². The van der Waals surface area contributed by atoms with Crippen molar-refractivity contribution >= 4 is 5.91 Å². The quantitative estimate of drug-likeness (QED) is 0.876. The van der Waals surface area contributed by atoms with Crippen LogP contribution in [0.3, 0.4) is 0 Å². The second kappa shape index (κ2) is 7.00. The summed E-state index contributed by atoms with van der Waals surface area (Å²) >= 11 is 0. The molecular formula is C15H19F3N2O2. The third-order valence-corrected chi connectivity index (χ3v) is 3.74. The van der Waals surface area contributed by atoms with Gasteiger partial charge in [0.25, 0.3) is 0 Å². The molecule has 2 unspecified atom stereocenters. The summed E-state index contributed by atoms with van der Waals surface area (Å²) in [7, 11) is 0. The van der Waals surface area contributed by atoms with Crippen LogP contribution < -0.4 is 15.8 Å². The maximum absolute atomic E-state index is 12.3. The molecule has 0 bridgehead atoms. The minimum absolute atomic E-state index is 0.0664. The fourth-order valence-corrected chi connectivity index (χ4v) is 2.65. The first kappa shape index (κ1) is 16.6. The summed E-state index contributed by atoms with van der Waals surface area (Å²) in [4.78, 5) is 11.9. The monoisotopic (exact) mass is 316 g/mol. The molecule has 0 radical (unpaired) electrons. The van der Waals surface area contributed by atoms with E-state index in [1.807, 2.05) is 0 Å². The van der Waals surface area contributed by atoms with Gasteiger partial charge in [-0.2, -0.15) is 0 Å². The lowest BCUT2D eigenvalue weighted by Gasteiger charge is -2.14. The van der Waals surface area contributed by atoms with Gasteiger partial charge in [-0.05, 0) is 37.3 Å². The van der Waals surface area contributed by atoms with Gasteiger partial charge >= 0.3 is 6.36 Å². The SMILES string of the molecule is NC1CCC(C(=O)NCCc2ccccc2OC(F)(F)F)C1. The van der Waals surface area contributed by atoms with Crippen LogP contribution in [0.15, 0.2) is 24.3 Å². The van der Waals surface area contributed by atoms with E-state index in [4.69, 9.17) is 5.73 Å². The number of carbonyl (C=O) groups is 1. The van der Waals surface area contributed by atoms with Crippen molar-refractivity contribution in [2.75, 3.05) is 6.54 Å². The number of halogens is 3. The molecule has 1 fully saturated rings. The predicted octanol–water partition coefficient (Wildman–Crippen LogP) is 2.37. The van der Waals surface area contributed by atoms with Crippen molar-refractivity contribution in [3.05, 3.63) is 29.8 Å². The lowest BCUT2D eigenvalue weighted by Crippen LogP contribution is -2.32. The van der Waals surface area contributed by atoms with Crippen LogP contribution in [0, 0.1) is 5.92 Å². The molecule has 1 aliphatic rings. The molecule has 0 saturated heterocycles. The maximum Gasteiger partial charge on any atom is 0.573 e. The van der Waals surface area contributed by atoms with Crippen molar-refractivity contribution in [2.45, 2.75) is 38.1 Å². The summed E-state index contributed by atoms with van der Waals surface area (Å²) in [5.74, 6) is -0.397. The van der Waals surface area contributed by atoms with Crippen LogP contribution >= 0.6 is 0 Å². The van der Waals surface area contributed by atoms with Gasteiger partial charge in [0.2, 0.25) is 5.91 Å². The summed E-state index contributed by atoms with van der Waals surface area (Å²) in [5.41, 5.74) is 6.16. The zero-order valence-corrected chi connectivity index (χ0v) is 12.0. The Hall–Kier alpha value is -1.76. The summed E-state index contributed by atoms with van der Waals surface area (Å²) in [6.07, 6.45) is -2.18. The molecule has 1 saturated carbocycles. The predicted molar refractivity (Wildman–Crippen MR) is 75.2 cm³/mol. The minimum atomic E-state index is -4.72. The number of hydrogen-bond acceptors (Lipinski definition) is 3. The first-order valence-electron chi connectivity index (χ1n) is 7.22. The van der Waals surface area contributed by atoms with Crippen LogP contribution in [0.5, 0.6) is 5.75 Å². The maximum atomic E-state index is 12.3. The van der Waals surface area contributed by atoms with E-state index in [0.29, 0.717) is 12.0 Å². The average molecular weight is 316 g/mol. The van der Waals surface area contributed by atoms with Crippen LogP contribution in [0.2, 0.25) is 0 Å². The second-order valence-corrected chi connectivity index (χ2v) is 5.47. The Morgan fingerprint density at radius 1 is 1.32 bits per heavy atom. The van der Waals surface area contributed by atoms with Crippen LogP contribution in [-0.4, -0.2) is 24.9 Å². The fourth-order valence-electron chi connectivity index (χ4n) is 2.65. The Balaban J connectivity index is 1.85. The number of ether oxygens (including phenoxy) is 1. The molecule has 3 N–H and O–H groups in total. The topological polar surface area (TPSA) is 64.4 Å². The van der Waals surface area contributed by atoms with E-state index < -0.39 is 6.36 Å². The van der Waals surface area contributed by atoms with E-state index in [2.05, 4.69) is 10.1 Å². The Morgan fingerprint density at radius 2 is 2.05 bits per heavy atom. The molecule has 2 rings (SSSR count). The number of benzene rings is 1. The normalized spacial score (nSPS) is 21.6. The molecule has 1 aromatic rings. The first-order valence-corrected chi connectivity index (χ1v) is 7.22. The molecule has 1 amide bonds. The standard InChI is InChI=1S/C15H19F3N2O2/c16-15(17,18)22-13-4-2-1-3-10(13)7-8-20-14(21)11-5-6-12(19)9-11/h1-4,11-12H,5-9,19H2,(H,20,21). The molecule has 0 aliphatic heterocycles. The second-order valence-electron chi connectivity index (χ2n) is 5.47. The number of para-hydroxylation sites is 1. The van der Waals surface area contributed by atoms with Gasteiger partial charge in [-0.1, -0.05) is 18.2 Å². The van der Waals surface area contributed by atoms with E-state index in [0.717, 1.165) is 12.8 Å². The molecule has 0 spiro atoms. The lowest BCUT2D eigenvalue weighted by atomic mass is 10.1. The van der Waals surface area contributed by atoms with Crippen molar-refractivity contribution in [2.24, 2.45) is 11.7 Å². The molecular weight excluding hydrogens is 297 g/mol. The number of alkyl halides is 3. The zero-order chi connectivity index (χ0) is 16.2. The molecule has 122 valence electrons. The van der Waals surface area contributed by atoms with Crippen LogP contribution in [-0.2, 0) is 11.2 Å². The summed E-state index contributed by atoms with van der Waals surface area (Å²) in [6, 6.07) is 6.00. The lowest BCUT2D eigenvalue weighted by molar-refractivity contribution is -0.274. The zero-order valence-electron chi connectivity index (χ0n) is 12.0. The van der Waals surface area contributed by atoms with Gasteiger partial charge in [0.05, 0.1) is 0 Å². The molecule has 1 aromatic carbocycles. The summed E-state index contributed by atoms with van der Waals surface area (Å²) < 4.78 is 40.9. The van der Waals surface area contributed by atoms with E-state index in [1.54, 1.807) is 12.1 Å². The van der Waals surface area contributed by atoms with Gasteiger partial charge in [-0.25, -0.2) is 0 Å². The largest absolute Gasteiger partial charge is 0.573 e. The average Bonchev–Trinajstić information content (AvgIpc) is 2.86. The summed E-state index contributed by atoms with van der Waals surface area (Å²) in [6.45, 7) is 0.267. The molecule has 4 nitrogen and oxygen atoms in total. The summed E-state index contributed by atoms with van der Waals surface area (Å²) in [5, 5.41) is 2.75. The number of rotatable bonds is 5. The number of nitrogens with two attached hydrogens (primary N) is 1. The first-order chi connectivity index (χ1) is 10.3. The Bertz CT molecular complexity index is 520. The van der Waals surface area contributed by atoms with Crippen LogP contribution in [0.25, 0.3) is 0 Å². The van der Waals surface area contributed by atoms with Crippen molar-refractivity contribution in [3.8, 4) is 5.75 Å². The van der Waals surface area contributed by atoms with Gasteiger partial charge in [-0.15, -0.1) is 13.2 Å². The Morgan fingerprint density at radius 3 is 2.68 bits per heavy atom. The highest BCUT2D eigenvalue weighted by Crippen LogP contribution is 2.27. The highest BCUT2D eigenvalue weighted by Gasteiger charge is 2.32. The van der Waals surface area contributed by atoms with E-state index in [9.17, 15) is 18.0 Å². The Kier molecular flexibility index (Phi) is 5.28. The van der Waals surface area contributed by atoms with Crippen molar-refractivity contribution in [3.63, 3.8) is 0 Å². The molecule has 22 heavy (non-hydrogen) atoms. The Labute approximate surface area is 126 Å². The highest BCUT2D eigenvalue weighted by molar-refractivity contribution is 5.79. The van der Waals surface area contributed by atoms with Crippen molar-refractivity contribution < 1.29 is 22.7 Å². The van der Waals surface area contributed by atoms with E-state index in [1.165, 1.54) is 12.1 Å². The molecule has 2 atom stereocenters. The van der Waals surface area contributed by atoms with Crippen LogP contribution in [0.4, 0.5) is 13.2 Å². The molecule has 1 aliphatic carbocycles. The number of carbonyl (C=O) groups excluding carboxylic acids is 1. The number of amides is 1. The van der Waals surface area contributed by atoms with Gasteiger partial charge in [-0.3, -0.25) is 4.79 Å². The molecule has 0 aromatic heterocycles. The van der Waals surface area contributed by atoms with Crippen molar-refractivity contribution in [1.29, 1.82) is 0 Å². The third-order valence-electron chi connectivity index (χ3n) is 3.74. The van der Waals surface area contributed by atoms with Crippen LogP contribution in [0.1, 0.15) is 24.8 Å². The fraction of sp³-hybridized carbons (Fsp3) is 0.533.